The number of fused-ring (bicyclic) bond motifs is 2. The van der Waals surface area contributed by atoms with Gasteiger partial charge in [0.05, 0.1) is 0 Å². The number of para-hydroxylation sites is 2. The maximum atomic E-state index is 2.33. The van der Waals surface area contributed by atoms with Crippen LogP contribution in [0.3, 0.4) is 0 Å². The van der Waals surface area contributed by atoms with E-state index in [-0.39, 0.29) is 0 Å². The van der Waals surface area contributed by atoms with Crippen molar-refractivity contribution in [3.8, 4) is 44.5 Å². The van der Waals surface area contributed by atoms with Crippen LogP contribution in [0.4, 0.5) is 17.1 Å². The summed E-state index contributed by atoms with van der Waals surface area (Å²) in [5.74, 6) is 0. The smallest absolute Gasteiger partial charge is 0.0462 e. The molecule has 9 rings (SSSR count). The quantitative estimate of drug-likeness (QED) is 0.155. The molecule has 0 aromatic heterocycles. The predicted molar refractivity (Wildman–Crippen MR) is 218 cm³/mol. The number of benzene rings is 9. The van der Waals surface area contributed by atoms with Crippen LogP contribution in [0.5, 0.6) is 0 Å². The molecule has 0 saturated carbocycles. The third-order valence-electron chi connectivity index (χ3n) is 9.82. The first kappa shape index (κ1) is 30.4. The molecule has 0 heterocycles. The van der Waals surface area contributed by atoms with Gasteiger partial charge in [0.15, 0.2) is 0 Å². The highest BCUT2D eigenvalue weighted by atomic mass is 15.1. The molecule has 0 aliphatic rings. The molecular weight excluding hydrogens is 615 g/mol. The van der Waals surface area contributed by atoms with Crippen molar-refractivity contribution >= 4 is 38.6 Å². The van der Waals surface area contributed by atoms with Crippen LogP contribution in [0.1, 0.15) is 0 Å². The third kappa shape index (κ3) is 6.07. The van der Waals surface area contributed by atoms with E-state index in [9.17, 15) is 0 Å². The standard InChI is InChI=1S/C50H35N/c1-4-12-39(13-5-1)49-18-10-11-19-50(49)43-27-26-42-33-44-32-40(24-25-41(44)34-45(42)35-43)38-22-20-36(21-23-38)37-28-30-48(31-29-37)51(46-14-6-2-7-15-46)47-16-8-3-9-17-47/h1-35H. The zero-order valence-electron chi connectivity index (χ0n) is 28.2. The van der Waals surface area contributed by atoms with Crippen molar-refractivity contribution in [3.63, 3.8) is 0 Å². The van der Waals surface area contributed by atoms with Crippen molar-refractivity contribution in [1.29, 1.82) is 0 Å². The third-order valence-corrected chi connectivity index (χ3v) is 9.82. The van der Waals surface area contributed by atoms with Crippen LogP contribution < -0.4 is 4.90 Å². The first-order chi connectivity index (χ1) is 25.3. The van der Waals surface area contributed by atoms with Crippen molar-refractivity contribution in [1.82, 2.24) is 0 Å². The number of hydrogen-bond acceptors (Lipinski definition) is 1. The average molecular weight is 650 g/mol. The van der Waals surface area contributed by atoms with E-state index in [1.165, 1.54) is 66.1 Å². The Bertz CT molecular complexity index is 2550. The van der Waals surface area contributed by atoms with Crippen LogP contribution in [0, 0.1) is 0 Å². The Kier molecular flexibility index (Phi) is 7.92. The minimum absolute atomic E-state index is 1.13. The highest BCUT2D eigenvalue weighted by molar-refractivity contribution is 6.01. The molecular formula is C50H35N. The Morgan fingerprint density at radius 1 is 0.216 bits per heavy atom. The van der Waals surface area contributed by atoms with Gasteiger partial charge in [-0.05, 0) is 127 Å². The second-order valence-corrected chi connectivity index (χ2v) is 13.0. The summed E-state index contributed by atoms with van der Waals surface area (Å²) in [6.07, 6.45) is 0. The minimum atomic E-state index is 1.13. The Morgan fingerprint density at radius 2 is 0.588 bits per heavy atom. The summed E-state index contributed by atoms with van der Waals surface area (Å²) in [5.41, 5.74) is 13.2. The van der Waals surface area contributed by atoms with Gasteiger partial charge in [-0.25, -0.2) is 0 Å². The van der Waals surface area contributed by atoms with E-state index >= 15 is 0 Å². The van der Waals surface area contributed by atoms with Crippen LogP contribution in [0.15, 0.2) is 212 Å². The fourth-order valence-corrected chi connectivity index (χ4v) is 7.21. The first-order valence-electron chi connectivity index (χ1n) is 17.5. The van der Waals surface area contributed by atoms with Crippen molar-refractivity contribution in [2.24, 2.45) is 0 Å². The molecule has 0 aliphatic carbocycles. The maximum absolute atomic E-state index is 2.33. The summed E-state index contributed by atoms with van der Waals surface area (Å²) in [7, 11) is 0. The van der Waals surface area contributed by atoms with Crippen LogP contribution in [-0.2, 0) is 0 Å². The van der Waals surface area contributed by atoms with Crippen molar-refractivity contribution in [2.45, 2.75) is 0 Å². The molecule has 51 heavy (non-hydrogen) atoms. The second kappa shape index (κ2) is 13.3. The normalized spacial score (nSPS) is 11.1. The van der Waals surface area contributed by atoms with E-state index in [0.717, 1.165) is 17.1 Å². The van der Waals surface area contributed by atoms with Crippen molar-refractivity contribution < 1.29 is 0 Å². The fraction of sp³-hybridized carbons (Fsp3) is 0. The lowest BCUT2D eigenvalue weighted by Gasteiger charge is -2.25. The van der Waals surface area contributed by atoms with Crippen LogP contribution in [-0.4, -0.2) is 0 Å². The van der Waals surface area contributed by atoms with Gasteiger partial charge in [-0.15, -0.1) is 0 Å². The molecule has 0 unspecified atom stereocenters. The highest BCUT2D eigenvalue weighted by Gasteiger charge is 2.13. The lowest BCUT2D eigenvalue weighted by molar-refractivity contribution is 1.28. The summed E-state index contributed by atoms with van der Waals surface area (Å²) in [6, 6.07) is 76.5. The van der Waals surface area contributed by atoms with E-state index < -0.39 is 0 Å². The van der Waals surface area contributed by atoms with Crippen LogP contribution in [0.25, 0.3) is 66.1 Å². The average Bonchev–Trinajstić information content (AvgIpc) is 3.21. The molecule has 0 radical (unpaired) electrons. The van der Waals surface area contributed by atoms with E-state index in [1.807, 2.05) is 0 Å². The highest BCUT2D eigenvalue weighted by Crippen LogP contribution is 2.37. The minimum Gasteiger partial charge on any atom is -0.311 e. The summed E-state index contributed by atoms with van der Waals surface area (Å²) in [4.78, 5) is 2.29. The molecule has 0 N–H and O–H groups in total. The monoisotopic (exact) mass is 649 g/mol. The zero-order valence-corrected chi connectivity index (χ0v) is 28.2. The van der Waals surface area contributed by atoms with Gasteiger partial charge in [-0.2, -0.15) is 0 Å². The molecule has 1 nitrogen and oxygen atoms in total. The van der Waals surface area contributed by atoms with Gasteiger partial charge < -0.3 is 4.90 Å². The van der Waals surface area contributed by atoms with Crippen molar-refractivity contribution in [3.05, 3.63) is 212 Å². The Hall–Kier alpha value is -6.70. The lowest BCUT2D eigenvalue weighted by Crippen LogP contribution is -2.09. The Morgan fingerprint density at radius 3 is 1.14 bits per heavy atom. The molecule has 1 heteroatoms. The van der Waals surface area contributed by atoms with Crippen LogP contribution in [0.2, 0.25) is 0 Å². The van der Waals surface area contributed by atoms with Gasteiger partial charge in [-0.3, -0.25) is 0 Å². The number of hydrogen-bond donors (Lipinski definition) is 0. The molecule has 9 aromatic rings. The van der Waals surface area contributed by atoms with E-state index in [4.69, 9.17) is 0 Å². The van der Waals surface area contributed by atoms with E-state index in [2.05, 4.69) is 217 Å². The van der Waals surface area contributed by atoms with Gasteiger partial charge in [0, 0.05) is 17.1 Å². The summed E-state index contributed by atoms with van der Waals surface area (Å²) in [6.45, 7) is 0. The van der Waals surface area contributed by atoms with Gasteiger partial charge in [0.2, 0.25) is 0 Å². The van der Waals surface area contributed by atoms with Crippen LogP contribution >= 0.6 is 0 Å². The van der Waals surface area contributed by atoms with Gasteiger partial charge >= 0.3 is 0 Å². The zero-order chi connectivity index (χ0) is 34.0. The fourth-order valence-electron chi connectivity index (χ4n) is 7.21. The summed E-state index contributed by atoms with van der Waals surface area (Å²) < 4.78 is 0. The Balaban J connectivity index is 0.981. The molecule has 0 amide bonds. The van der Waals surface area contributed by atoms with E-state index in [0.29, 0.717) is 0 Å². The first-order valence-corrected chi connectivity index (χ1v) is 17.5. The molecule has 9 aromatic carbocycles. The largest absolute Gasteiger partial charge is 0.311 e. The molecule has 0 atom stereocenters. The van der Waals surface area contributed by atoms with Gasteiger partial charge in [0.1, 0.15) is 0 Å². The second-order valence-electron chi connectivity index (χ2n) is 13.0. The molecule has 240 valence electrons. The predicted octanol–water partition coefficient (Wildman–Crippen LogP) is 14.1. The molecule has 0 fully saturated rings. The molecule has 0 bridgehead atoms. The molecule has 0 spiro atoms. The Labute approximate surface area is 299 Å². The summed E-state index contributed by atoms with van der Waals surface area (Å²) in [5, 5.41) is 4.99. The molecule has 0 saturated heterocycles. The number of nitrogens with zero attached hydrogens (tertiary/aromatic N) is 1. The number of anilines is 3. The van der Waals surface area contributed by atoms with Gasteiger partial charge in [-0.1, -0.05) is 152 Å². The topological polar surface area (TPSA) is 3.24 Å². The number of rotatable bonds is 7. The SMILES string of the molecule is c1ccc(-c2ccccc2-c2ccc3cc4cc(-c5ccc(-c6ccc(N(c7ccccc7)c7ccccc7)cc6)cc5)ccc4cc3c2)cc1. The summed E-state index contributed by atoms with van der Waals surface area (Å²) >= 11 is 0. The lowest BCUT2D eigenvalue weighted by atomic mass is 9.92. The van der Waals surface area contributed by atoms with E-state index in [1.54, 1.807) is 0 Å². The van der Waals surface area contributed by atoms with Crippen molar-refractivity contribution in [2.75, 3.05) is 4.90 Å². The molecule has 0 aliphatic heterocycles. The maximum Gasteiger partial charge on any atom is 0.0462 e. The van der Waals surface area contributed by atoms with Gasteiger partial charge in [0.25, 0.3) is 0 Å².